The van der Waals surface area contributed by atoms with Crippen molar-refractivity contribution in [1.29, 1.82) is 5.26 Å². The van der Waals surface area contributed by atoms with Crippen LogP contribution in [-0.4, -0.2) is 29.7 Å². The molecule has 0 amide bonds. The van der Waals surface area contributed by atoms with Crippen LogP contribution >= 0.6 is 0 Å². The molecule has 0 N–H and O–H groups in total. The minimum atomic E-state index is -0.244. The first-order valence-electron chi connectivity index (χ1n) is 13.4. The lowest BCUT2D eigenvalue weighted by Gasteiger charge is -2.19. The number of nitriles is 1. The average Bonchev–Trinajstić information content (AvgIpc) is 3.56. The van der Waals surface area contributed by atoms with Gasteiger partial charge in [-0.1, -0.05) is 24.3 Å². The van der Waals surface area contributed by atoms with Crippen LogP contribution < -0.4 is 9.47 Å². The van der Waals surface area contributed by atoms with Gasteiger partial charge in [-0.15, -0.1) is 0 Å². The van der Waals surface area contributed by atoms with Crippen LogP contribution in [0.5, 0.6) is 11.5 Å². The fourth-order valence-electron chi connectivity index (χ4n) is 6.09. The normalized spacial score (nSPS) is 16.9. The van der Waals surface area contributed by atoms with Crippen molar-refractivity contribution in [2.45, 2.75) is 45.1 Å². The van der Waals surface area contributed by atoms with Crippen LogP contribution in [0.15, 0.2) is 61.2 Å². The lowest BCUT2D eigenvalue weighted by atomic mass is 9.86. The molecule has 40 heavy (non-hydrogen) atoms. The number of aromatic nitrogens is 2. The molecule has 1 unspecified atom stereocenters. The minimum Gasteiger partial charge on any atom is -0.492 e. The summed E-state index contributed by atoms with van der Waals surface area (Å²) >= 11 is 0. The van der Waals surface area contributed by atoms with E-state index < -0.39 is 0 Å². The highest BCUT2D eigenvalue weighted by Crippen LogP contribution is 2.45. The van der Waals surface area contributed by atoms with E-state index in [9.17, 15) is 10.1 Å². The van der Waals surface area contributed by atoms with Crippen molar-refractivity contribution in [1.82, 2.24) is 9.97 Å². The van der Waals surface area contributed by atoms with E-state index in [0.29, 0.717) is 18.6 Å². The number of esters is 1. The largest absolute Gasteiger partial charge is 0.492 e. The minimum absolute atomic E-state index is 0.0112. The third-order valence-corrected chi connectivity index (χ3v) is 7.93. The Morgan fingerprint density at radius 1 is 1.02 bits per heavy atom. The lowest BCUT2D eigenvalue weighted by molar-refractivity contribution is -0.141. The third kappa shape index (κ3) is 4.56. The zero-order valence-electron chi connectivity index (χ0n) is 22.7. The van der Waals surface area contributed by atoms with Crippen LogP contribution in [0, 0.1) is 25.2 Å². The van der Waals surface area contributed by atoms with Crippen molar-refractivity contribution < 1.29 is 19.0 Å². The SMILES string of the molecule is COC(=O)CC1COc2cc(O[C@@H]3CCc4c3ccc(C#N)c4-c3c(C)cc(-c4cncnc4)cc3C)ccc21. The molecule has 1 aromatic heterocycles. The summed E-state index contributed by atoms with van der Waals surface area (Å²) in [4.78, 5) is 20.1. The molecule has 7 heteroatoms. The molecule has 3 aromatic carbocycles. The summed E-state index contributed by atoms with van der Waals surface area (Å²) in [5.41, 5.74) is 10.3. The van der Waals surface area contributed by atoms with E-state index in [2.05, 4.69) is 42.0 Å². The number of hydrogen-bond acceptors (Lipinski definition) is 7. The molecular weight excluding hydrogens is 502 g/mol. The molecule has 4 aromatic rings. The Balaban J connectivity index is 1.32. The number of aryl methyl sites for hydroxylation is 2. The van der Waals surface area contributed by atoms with Crippen molar-refractivity contribution >= 4 is 5.97 Å². The van der Waals surface area contributed by atoms with Crippen molar-refractivity contribution in [2.75, 3.05) is 13.7 Å². The number of fused-ring (bicyclic) bond motifs is 2. The molecule has 1 aliphatic carbocycles. The van der Waals surface area contributed by atoms with Gasteiger partial charge in [0.15, 0.2) is 0 Å². The van der Waals surface area contributed by atoms with Crippen molar-refractivity contribution in [3.05, 3.63) is 94.6 Å². The van der Waals surface area contributed by atoms with Gasteiger partial charge in [0.2, 0.25) is 0 Å². The fourth-order valence-corrected chi connectivity index (χ4v) is 6.09. The Hall–Kier alpha value is -4.70. The van der Waals surface area contributed by atoms with Gasteiger partial charge in [-0.2, -0.15) is 5.26 Å². The zero-order valence-corrected chi connectivity index (χ0v) is 22.7. The maximum absolute atomic E-state index is 11.8. The van der Waals surface area contributed by atoms with Crippen LogP contribution in [-0.2, 0) is 16.0 Å². The Bertz CT molecular complexity index is 1640. The van der Waals surface area contributed by atoms with Gasteiger partial charge < -0.3 is 14.2 Å². The highest BCUT2D eigenvalue weighted by atomic mass is 16.5. The number of benzene rings is 3. The summed E-state index contributed by atoms with van der Waals surface area (Å²) in [6, 6.07) is 16.5. The van der Waals surface area contributed by atoms with Gasteiger partial charge in [-0.25, -0.2) is 9.97 Å². The second-order valence-electron chi connectivity index (χ2n) is 10.4. The van der Waals surface area contributed by atoms with Crippen molar-refractivity contribution in [3.8, 4) is 39.8 Å². The van der Waals surface area contributed by atoms with Gasteiger partial charge in [0.25, 0.3) is 0 Å². The van der Waals surface area contributed by atoms with Crippen molar-refractivity contribution in [3.63, 3.8) is 0 Å². The van der Waals surface area contributed by atoms with Gasteiger partial charge in [0.05, 0.1) is 31.8 Å². The zero-order chi connectivity index (χ0) is 27.8. The number of rotatable bonds is 6. The second-order valence-corrected chi connectivity index (χ2v) is 10.4. The van der Waals surface area contributed by atoms with E-state index in [4.69, 9.17) is 14.2 Å². The number of hydrogen-bond donors (Lipinski definition) is 0. The van der Waals surface area contributed by atoms with E-state index in [1.54, 1.807) is 0 Å². The summed E-state index contributed by atoms with van der Waals surface area (Å²) in [5.74, 6) is 1.22. The van der Waals surface area contributed by atoms with Gasteiger partial charge in [-0.3, -0.25) is 4.79 Å². The average molecular weight is 532 g/mol. The molecule has 0 fully saturated rings. The molecule has 0 radical (unpaired) electrons. The van der Waals surface area contributed by atoms with Crippen LogP contribution in [0.2, 0.25) is 0 Å². The van der Waals surface area contributed by atoms with Crippen LogP contribution in [0.3, 0.4) is 0 Å². The first-order chi connectivity index (χ1) is 19.5. The molecule has 0 saturated heterocycles. The Morgan fingerprint density at radius 2 is 1.77 bits per heavy atom. The van der Waals surface area contributed by atoms with Gasteiger partial charge in [0.1, 0.15) is 23.9 Å². The number of nitrogens with zero attached hydrogens (tertiary/aromatic N) is 3. The van der Waals surface area contributed by atoms with E-state index >= 15 is 0 Å². The number of carbonyl (C=O) groups excluding carboxylic acids is 1. The monoisotopic (exact) mass is 531 g/mol. The van der Waals surface area contributed by atoms with E-state index in [1.165, 1.54) is 19.0 Å². The Labute approximate surface area is 233 Å². The van der Waals surface area contributed by atoms with Gasteiger partial charge >= 0.3 is 5.97 Å². The smallest absolute Gasteiger partial charge is 0.306 e. The number of methoxy groups -OCH3 is 1. The molecule has 0 saturated carbocycles. The van der Waals surface area contributed by atoms with Crippen LogP contribution in [0.4, 0.5) is 0 Å². The van der Waals surface area contributed by atoms with Crippen LogP contribution in [0.1, 0.15) is 58.2 Å². The van der Waals surface area contributed by atoms with E-state index in [0.717, 1.165) is 68.8 Å². The van der Waals surface area contributed by atoms with Gasteiger partial charge in [-0.05, 0) is 72.2 Å². The van der Waals surface area contributed by atoms with Crippen LogP contribution in [0.25, 0.3) is 22.3 Å². The molecule has 2 aliphatic rings. The number of ether oxygens (including phenoxy) is 3. The van der Waals surface area contributed by atoms with E-state index in [1.807, 2.05) is 42.7 Å². The van der Waals surface area contributed by atoms with Crippen molar-refractivity contribution in [2.24, 2.45) is 0 Å². The molecule has 6 rings (SSSR count). The standard InChI is InChI=1S/C33H29N3O4/c1-19-10-22(24-15-35-18-36-16-24)11-20(2)32(19)33-21(14-34)4-6-27-28(33)8-9-29(27)40-25-5-7-26-23(12-31(37)38-3)17-39-30(26)13-25/h4-7,10-11,13,15-16,18,23,29H,8-9,12,17H2,1-3H3/t23?,29-/m1/s1. The highest BCUT2D eigenvalue weighted by Gasteiger charge is 2.31. The summed E-state index contributed by atoms with van der Waals surface area (Å²) in [6.45, 7) is 4.64. The first-order valence-corrected chi connectivity index (χ1v) is 13.4. The number of carbonyl (C=O) groups is 1. The first kappa shape index (κ1) is 25.6. The highest BCUT2D eigenvalue weighted by molar-refractivity contribution is 5.83. The predicted molar refractivity (Wildman–Crippen MR) is 150 cm³/mol. The predicted octanol–water partition coefficient (Wildman–Crippen LogP) is 6.40. The molecule has 7 nitrogen and oxygen atoms in total. The third-order valence-electron chi connectivity index (χ3n) is 7.93. The molecule has 2 atom stereocenters. The molecule has 200 valence electrons. The quantitative estimate of drug-likeness (QED) is 0.266. The molecule has 1 aliphatic heterocycles. The summed E-state index contributed by atoms with van der Waals surface area (Å²) in [5, 5.41) is 10.1. The molecule has 2 heterocycles. The Kier molecular flexibility index (Phi) is 6.69. The fraction of sp³-hybridized carbons (Fsp3) is 0.273. The summed E-state index contributed by atoms with van der Waals surface area (Å²) in [6.07, 6.45) is 6.95. The molecular formula is C33H29N3O4. The maximum Gasteiger partial charge on any atom is 0.306 e. The topological polar surface area (TPSA) is 94.3 Å². The van der Waals surface area contributed by atoms with E-state index in [-0.39, 0.29) is 18.0 Å². The molecule has 0 bridgehead atoms. The summed E-state index contributed by atoms with van der Waals surface area (Å²) in [7, 11) is 1.40. The second kappa shape index (κ2) is 10.5. The summed E-state index contributed by atoms with van der Waals surface area (Å²) < 4.78 is 17.2. The lowest BCUT2D eigenvalue weighted by Crippen LogP contribution is -2.09. The molecule has 0 spiro atoms. The maximum atomic E-state index is 11.8. The van der Waals surface area contributed by atoms with Gasteiger partial charge in [0, 0.05) is 41.1 Å². The Morgan fingerprint density at radius 3 is 2.50 bits per heavy atom.